The molecule has 0 radical (unpaired) electrons. The van der Waals surface area contributed by atoms with E-state index in [2.05, 4.69) is 17.1 Å². The average Bonchev–Trinajstić information content (AvgIpc) is 3.79. The van der Waals surface area contributed by atoms with Gasteiger partial charge in [0.15, 0.2) is 0 Å². The summed E-state index contributed by atoms with van der Waals surface area (Å²) in [6.07, 6.45) is 3.15. The Morgan fingerprint density at radius 1 is 1.11 bits per heavy atom. The van der Waals surface area contributed by atoms with E-state index < -0.39 is 11.8 Å². The van der Waals surface area contributed by atoms with Gasteiger partial charge in [0.1, 0.15) is 5.82 Å². The Hall–Kier alpha value is -3.09. The highest BCUT2D eigenvalue weighted by Crippen LogP contribution is 2.33. The summed E-state index contributed by atoms with van der Waals surface area (Å²) in [6.45, 7) is 4.67. The molecule has 1 aromatic heterocycles. The molecule has 3 aromatic rings. The zero-order chi connectivity index (χ0) is 33.2. The molecule has 2 aromatic carbocycles. The molecule has 0 bridgehead atoms. The molecule has 2 saturated heterocycles. The third-order valence-corrected chi connectivity index (χ3v) is 11.4. The van der Waals surface area contributed by atoms with Crippen LogP contribution in [0.5, 0.6) is 0 Å². The molecule has 1 aliphatic carbocycles. The number of nitrogens with one attached hydrogen (secondary N) is 1. The number of carboxylic acids is 1. The Kier molecular flexibility index (Phi) is 10.5. The van der Waals surface area contributed by atoms with Gasteiger partial charge in [-0.05, 0) is 61.8 Å². The SMILES string of the molecule is CO[C@H]1CN([C@H]2C[C@@H](COC3CCC(C(=O)O)CC3)N(C(=O)Cc3cc(Cl)c(NC(=O)c4csc5ccccc45)cc3F)C2)C[C@H]1C. The lowest BCUT2D eigenvalue weighted by Gasteiger charge is -2.30. The van der Waals surface area contributed by atoms with Gasteiger partial charge in [0, 0.05) is 48.3 Å². The minimum Gasteiger partial charge on any atom is -0.481 e. The molecule has 0 spiro atoms. The first-order chi connectivity index (χ1) is 22.6. The number of ether oxygens (including phenoxy) is 2. The quantitative estimate of drug-likeness (QED) is 0.266. The van der Waals surface area contributed by atoms with E-state index in [1.165, 1.54) is 23.5 Å². The van der Waals surface area contributed by atoms with Crippen molar-refractivity contribution in [3.63, 3.8) is 0 Å². The summed E-state index contributed by atoms with van der Waals surface area (Å²) in [4.78, 5) is 42.4. The maximum Gasteiger partial charge on any atom is 0.306 e. The average molecular weight is 686 g/mol. The summed E-state index contributed by atoms with van der Waals surface area (Å²) in [7, 11) is 1.73. The number of hydrogen-bond acceptors (Lipinski definition) is 7. The highest BCUT2D eigenvalue weighted by Gasteiger charge is 2.42. The number of halogens is 2. The van der Waals surface area contributed by atoms with Gasteiger partial charge in [-0.15, -0.1) is 11.3 Å². The zero-order valence-electron chi connectivity index (χ0n) is 26.6. The van der Waals surface area contributed by atoms with E-state index in [1.54, 1.807) is 12.5 Å². The number of likely N-dealkylation sites (tertiary alicyclic amines) is 2. The minimum atomic E-state index is -0.758. The summed E-state index contributed by atoms with van der Waals surface area (Å²) in [6, 6.07) is 10.1. The molecule has 252 valence electrons. The first kappa shape index (κ1) is 33.8. The molecule has 0 unspecified atom stereocenters. The van der Waals surface area contributed by atoms with Gasteiger partial charge in [0.2, 0.25) is 5.91 Å². The van der Waals surface area contributed by atoms with E-state index in [4.69, 9.17) is 21.1 Å². The molecular weight excluding hydrogens is 645 g/mol. The van der Waals surface area contributed by atoms with Crippen molar-refractivity contribution < 1.29 is 33.4 Å². The summed E-state index contributed by atoms with van der Waals surface area (Å²) in [5.74, 6) is -1.94. The number of carboxylic acid groups (broad SMARTS) is 1. The highest BCUT2D eigenvalue weighted by molar-refractivity contribution is 7.17. The van der Waals surface area contributed by atoms with Crippen LogP contribution in [0.3, 0.4) is 0 Å². The second-order valence-electron chi connectivity index (χ2n) is 13.1. The monoisotopic (exact) mass is 685 g/mol. The number of carbonyl (C=O) groups excluding carboxylic acids is 2. The third kappa shape index (κ3) is 7.49. The van der Waals surface area contributed by atoms with E-state index in [0.717, 1.165) is 29.6 Å². The Labute approximate surface area is 283 Å². The molecule has 2 N–H and O–H groups in total. The molecule has 4 atom stereocenters. The molecule has 2 aliphatic heterocycles. The Morgan fingerprint density at radius 2 is 1.87 bits per heavy atom. The van der Waals surface area contributed by atoms with Crippen LogP contribution < -0.4 is 5.32 Å². The van der Waals surface area contributed by atoms with Crippen molar-refractivity contribution in [3.8, 4) is 0 Å². The van der Waals surface area contributed by atoms with Crippen LogP contribution in [0.25, 0.3) is 10.1 Å². The van der Waals surface area contributed by atoms with E-state index in [9.17, 15) is 19.5 Å². The van der Waals surface area contributed by atoms with Crippen LogP contribution >= 0.6 is 22.9 Å². The van der Waals surface area contributed by atoms with Crippen molar-refractivity contribution in [3.05, 3.63) is 63.7 Å². The predicted octanol–water partition coefficient (Wildman–Crippen LogP) is 6.08. The lowest BCUT2D eigenvalue weighted by molar-refractivity contribution is -0.144. The van der Waals surface area contributed by atoms with Crippen molar-refractivity contribution in [1.29, 1.82) is 0 Å². The molecule has 3 fully saturated rings. The summed E-state index contributed by atoms with van der Waals surface area (Å²) < 4.78 is 28.4. The molecule has 1 saturated carbocycles. The Bertz CT molecular complexity index is 1630. The molecule has 3 aliphatic rings. The van der Waals surface area contributed by atoms with Crippen LogP contribution in [0.2, 0.25) is 5.02 Å². The van der Waals surface area contributed by atoms with E-state index in [0.29, 0.717) is 50.3 Å². The summed E-state index contributed by atoms with van der Waals surface area (Å²) >= 11 is 7.99. The summed E-state index contributed by atoms with van der Waals surface area (Å²) in [5.41, 5.74) is 0.780. The molecule has 9 nitrogen and oxygen atoms in total. The maximum absolute atomic E-state index is 15.5. The summed E-state index contributed by atoms with van der Waals surface area (Å²) in [5, 5.41) is 14.8. The number of aliphatic carboxylic acids is 1. The predicted molar refractivity (Wildman–Crippen MR) is 180 cm³/mol. The molecule has 2 amide bonds. The van der Waals surface area contributed by atoms with E-state index in [1.807, 2.05) is 29.2 Å². The Balaban J connectivity index is 1.13. The van der Waals surface area contributed by atoms with Crippen molar-refractivity contribution in [2.24, 2.45) is 11.8 Å². The number of carbonyl (C=O) groups is 3. The lowest BCUT2D eigenvalue weighted by atomic mass is 9.87. The van der Waals surface area contributed by atoms with Gasteiger partial charge in [0.25, 0.3) is 5.91 Å². The van der Waals surface area contributed by atoms with Gasteiger partial charge < -0.3 is 24.8 Å². The van der Waals surface area contributed by atoms with Gasteiger partial charge >= 0.3 is 5.97 Å². The first-order valence-electron chi connectivity index (χ1n) is 16.3. The van der Waals surface area contributed by atoms with Crippen LogP contribution in [-0.4, -0.2) is 90.3 Å². The smallest absolute Gasteiger partial charge is 0.306 e. The van der Waals surface area contributed by atoms with Gasteiger partial charge in [-0.25, -0.2) is 4.39 Å². The maximum atomic E-state index is 15.5. The van der Waals surface area contributed by atoms with Crippen molar-refractivity contribution in [1.82, 2.24) is 9.80 Å². The van der Waals surface area contributed by atoms with E-state index in [-0.39, 0.29) is 64.7 Å². The fourth-order valence-electron chi connectivity index (χ4n) is 7.35. The minimum absolute atomic E-state index is 0.0441. The second-order valence-corrected chi connectivity index (χ2v) is 14.5. The number of hydrogen-bond donors (Lipinski definition) is 2. The highest BCUT2D eigenvalue weighted by atomic mass is 35.5. The van der Waals surface area contributed by atoms with Crippen LogP contribution in [-0.2, 0) is 25.5 Å². The number of nitrogens with zero attached hydrogens (tertiary/aromatic N) is 2. The van der Waals surface area contributed by atoms with E-state index >= 15 is 4.39 Å². The first-order valence-corrected chi connectivity index (χ1v) is 17.5. The fourth-order valence-corrected chi connectivity index (χ4v) is 8.52. The molecule has 3 heterocycles. The molecular formula is C35H41ClFN3O6S. The number of fused-ring (bicyclic) bond motifs is 1. The number of thiophene rings is 1. The normalized spacial score (nSPS) is 26.6. The standard InChI is InChI=1S/C35H41ClFN3O6S/c1-20-15-39(17-31(20)45-2)23-13-24(18-46-25-9-7-21(8-10-25)35(43)44)40(16-23)33(41)12-22-11-28(36)30(14-29(22)37)38-34(42)27-19-47-32-6-4-3-5-26(27)32/h3-6,11,14,19-21,23-25,31H,7-10,12-13,15-18H2,1-2H3,(H,38,42)(H,43,44)/t20-,21?,23+,24+,25?,31+/m1/s1. The van der Waals surface area contributed by atoms with Gasteiger partial charge in [-0.2, -0.15) is 0 Å². The number of methoxy groups -OCH3 is 1. The van der Waals surface area contributed by atoms with Gasteiger partial charge in [-0.1, -0.05) is 36.7 Å². The molecule has 6 rings (SSSR count). The van der Waals surface area contributed by atoms with Crippen LogP contribution in [0.4, 0.5) is 10.1 Å². The fraction of sp³-hybridized carbons (Fsp3) is 0.514. The molecule has 47 heavy (non-hydrogen) atoms. The van der Waals surface area contributed by atoms with Crippen molar-refractivity contribution >= 4 is 56.5 Å². The van der Waals surface area contributed by atoms with Crippen molar-refractivity contribution in [2.75, 3.05) is 38.7 Å². The number of rotatable bonds is 10. The largest absolute Gasteiger partial charge is 0.481 e. The van der Waals surface area contributed by atoms with Crippen LogP contribution in [0, 0.1) is 17.7 Å². The van der Waals surface area contributed by atoms with Gasteiger partial charge in [0.05, 0.1) is 53.5 Å². The Morgan fingerprint density at radius 3 is 2.60 bits per heavy atom. The lowest BCUT2D eigenvalue weighted by Crippen LogP contribution is -2.41. The van der Waals surface area contributed by atoms with Crippen LogP contribution in [0.1, 0.15) is 54.9 Å². The second kappa shape index (κ2) is 14.6. The van der Waals surface area contributed by atoms with Crippen molar-refractivity contribution in [2.45, 2.75) is 69.7 Å². The number of amides is 2. The number of anilines is 1. The topological polar surface area (TPSA) is 108 Å². The zero-order valence-corrected chi connectivity index (χ0v) is 28.2. The number of benzene rings is 2. The molecule has 12 heteroatoms. The third-order valence-electron chi connectivity index (χ3n) is 10.1. The van der Waals surface area contributed by atoms with Crippen LogP contribution in [0.15, 0.2) is 41.8 Å². The van der Waals surface area contributed by atoms with Gasteiger partial charge in [-0.3, -0.25) is 19.3 Å².